The fraction of sp³-hybridized carbons (Fsp3) is 0.267. The van der Waals surface area contributed by atoms with Crippen LogP contribution in [0.15, 0.2) is 40.4 Å². The quantitative estimate of drug-likeness (QED) is 0.656. The van der Waals surface area contributed by atoms with Gasteiger partial charge in [-0.3, -0.25) is 10.2 Å². The maximum atomic E-state index is 11.6. The minimum atomic E-state index is -0.376. The summed E-state index contributed by atoms with van der Waals surface area (Å²) < 4.78 is 6.66. The molecule has 7 heteroatoms. The van der Waals surface area contributed by atoms with Gasteiger partial charge in [0.25, 0.3) is 5.56 Å². The van der Waals surface area contributed by atoms with Crippen LogP contribution in [0.2, 0.25) is 5.02 Å². The molecular formula is C15H17ClN4O2. The summed E-state index contributed by atoms with van der Waals surface area (Å²) in [5.41, 5.74) is 3.59. The Hall–Kier alpha value is -2.34. The lowest BCUT2D eigenvalue weighted by molar-refractivity contribution is 0.317. The number of rotatable bonds is 6. The molecule has 1 heterocycles. The lowest BCUT2D eigenvalue weighted by Crippen LogP contribution is -2.20. The second-order valence-electron chi connectivity index (χ2n) is 4.59. The summed E-state index contributed by atoms with van der Waals surface area (Å²) in [5.74, 6) is 0.825. The molecule has 1 N–H and O–H groups in total. The van der Waals surface area contributed by atoms with Crippen molar-refractivity contribution in [3.63, 3.8) is 0 Å². The molecule has 0 amide bonds. The molecule has 0 aliphatic heterocycles. The normalized spacial score (nSPS) is 10.9. The minimum Gasteiger partial charge on any atom is -0.494 e. The molecule has 0 bridgehead atoms. The van der Waals surface area contributed by atoms with Gasteiger partial charge in [0.15, 0.2) is 0 Å². The summed E-state index contributed by atoms with van der Waals surface area (Å²) in [7, 11) is 1.53. The summed E-state index contributed by atoms with van der Waals surface area (Å²) in [6.45, 7) is 2.76. The van der Waals surface area contributed by atoms with E-state index in [1.807, 2.05) is 24.3 Å². The zero-order chi connectivity index (χ0) is 15.9. The van der Waals surface area contributed by atoms with Crippen LogP contribution in [-0.4, -0.2) is 22.6 Å². The first-order valence-corrected chi connectivity index (χ1v) is 7.23. The van der Waals surface area contributed by atoms with E-state index in [2.05, 4.69) is 22.5 Å². The largest absolute Gasteiger partial charge is 0.494 e. The number of hydrazone groups is 1. The SMILES string of the molecule is CCCOc1ccc(/C=N\Nc2cnn(C)c(=O)c2Cl)cc1. The van der Waals surface area contributed by atoms with Crippen LogP contribution in [0.3, 0.4) is 0 Å². The van der Waals surface area contributed by atoms with Gasteiger partial charge in [-0.2, -0.15) is 10.2 Å². The molecule has 2 rings (SSSR count). The van der Waals surface area contributed by atoms with E-state index in [0.717, 1.165) is 22.4 Å². The Morgan fingerprint density at radius 3 is 2.82 bits per heavy atom. The molecule has 6 nitrogen and oxygen atoms in total. The number of nitrogens with one attached hydrogen (secondary N) is 1. The van der Waals surface area contributed by atoms with Crippen LogP contribution in [0.25, 0.3) is 0 Å². The molecule has 2 aromatic rings. The number of benzene rings is 1. The Morgan fingerprint density at radius 1 is 1.41 bits per heavy atom. The molecule has 22 heavy (non-hydrogen) atoms. The maximum absolute atomic E-state index is 11.6. The summed E-state index contributed by atoms with van der Waals surface area (Å²) in [5, 5.41) is 7.97. The van der Waals surface area contributed by atoms with Crippen molar-refractivity contribution in [2.75, 3.05) is 12.0 Å². The number of aryl methyl sites for hydroxylation is 1. The second kappa shape index (κ2) is 7.61. The highest BCUT2D eigenvalue weighted by atomic mass is 35.5. The zero-order valence-corrected chi connectivity index (χ0v) is 13.2. The number of nitrogens with zero attached hydrogens (tertiary/aromatic N) is 3. The minimum absolute atomic E-state index is 0.0537. The number of aromatic nitrogens is 2. The van der Waals surface area contributed by atoms with E-state index < -0.39 is 0 Å². The first-order chi connectivity index (χ1) is 10.6. The van der Waals surface area contributed by atoms with Crippen molar-refractivity contribution in [2.45, 2.75) is 13.3 Å². The fourth-order valence-electron chi connectivity index (χ4n) is 1.64. The molecule has 1 aromatic carbocycles. The van der Waals surface area contributed by atoms with E-state index in [9.17, 15) is 4.79 Å². The average Bonchev–Trinajstić information content (AvgIpc) is 2.54. The van der Waals surface area contributed by atoms with Crippen molar-refractivity contribution in [1.82, 2.24) is 9.78 Å². The van der Waals surface area contributed by atoms with Crippen LogP contribution in [0, 0.1) is 0 Å². The van der Waals surface area contributed by atoms with E-state index in [4.69, 9.17) is 16.3 Å². The van der Waals surface area contributed by atoms with Crippen molar-refractivity contribution >= 4 is 23.5 Å². The molecule has 0 aliphatic carbocycles. The van der Waals surface area contributed by atoms with Crippen molar-refractivity contribution in [3.8, 4) is 5.75 Å². The Balaban J connectivity index is 2.01. The Labute approximate surface area is 133 Å². The van der Waals surface area contributed by atoms with Gasteiger partial charge in [-0.25, -0.2) is 4.68 Å². The predicted molar refractivity (Wildman–Crippen MR) is 87.9 cm³/mol. The van der Waals surface area contributed by atoms with Crippen LogP contribution in [0.1, 0.15) is 18.9 Å². The number of halogens is 1. The second-order valence-corrected chi connectivity index (χ2v) is 4.97. The first-order valence-electron chi connectivity index (χ1n) is 6.85. The van der Waals surface area contributed by atoms with E-state index in [1.165, 1.54) is 13.2 Å². The molecule has 0 atom stereocenters. The first kappa shape index (κ1) is 16.0. The van der Waals surface area contributed by atoms with Crippen LogP contribution < -0.4 is 15.7 Å². The van der Waals surface area contributed by atoms with Crippen molar-refractivity contribution < 1.29 is 4.74 Å². The van der Waals surface area contributed by atoms with Crippen molar-refractivity contribution in [2.24, 2.45) is 12.1 Å². The molecule has 0 unspecified atom stereocenters. The van der Waals surface area contributed by atoms with E-state index in [-0.39, 0.29) is 10.6 Å². The predicted octanol–water partition coefficient (Wildman–Crippen LogP) is 2.67. The number of ether oxygens (including phenoxy) is 1. The van der Waals surface area contributed by atoms with Gasteiger partial charge < -0.3 is 4.74 Å². The highest BCUT2D eigenvalue weighted by molar-refractivity contribution is 6.32. The third-order valence-electron chi connectivity index (χ3n) is 2.83. The lowest BCUT2D eigenvalue weighted by Gasteiger charge is -2.04. The Kier molecular flexibility index (Phi) is 5.55. The van der Waals surface area contributed by atoms with E-state index in [0.29, 0.717) is 12.3 Å². The molecule has 0 aliphatic rings. The van der Waals surface area contributed by atoms with Crippen LogP contribution in [0.4, 0.5) is 5.69 Å². The van der Waals surface area contributed by atoms with Gasteiger partial charge in [0, 0.05) is 7.05 Å². The lowest BCUT2D eigenvalue weighted by atomic mass is 10.2. The van der Waals surface area contributed by atoms with Crippen molar-refractivity contribution in [3.05, 3.63) is 51.4 Å². The smallest absolute Gasteiger partial charge is 0.287 e. The molecule has 116 valence electrons. The molecule has 0 spiro atoms. The Bertz CT molecular complexity index is 710. The number of hydrogen-bond donors (Lipinski definition) is 1. The third kappa shape index (κ3) is 4.08. The highest BCUT2D eigenvalue weighted by Gasteiger charge is 2.05. The van der Waals surface area contributed by atoms with Gasteiger partial charge in [0.1, 0.15) is 16.5 Å². The topological polar surface area (TPSA) is 68.5 Å². The number of hydrogen-bond acceptors (Lipinski definition) is 5. The fourth-order valence-corrected chi connectivity index (χ4v) is 1.85. The maximum Gasteiger partial charge on any atom is 0.287 e. The van der Waals surface area contributed by atoms with E-state index >= 15 is 0 Å². The standard InChI is InChI=1S/C15H17ClN4O2/c1-3-8-22-12-6-4-11(5-7-12)9-17-19-13-10-18-20(2)15(21)14(13)16/h4-7,9-10,19H,3,8H2,1-2H3/b17-9-. The van der Waals surface area contributed by atoms with E-state index in [1.54, 1.807) is 6.21 Å². The van der Waals surface area contributed by atoms with Gasteiger partial charge in [-0.05, 0) is 36.2 Å². The summed E-state index contributed by atoms with van der Waals surface area (Å²) in [6, 6.07) is 7.54. The zero-order valence-electron chi connectivity index (χ0n) is 12.4. The van der Waals surface area contributed by atoms with Crippen LogP contribution in [0.5, 0.6) is 5.75 Å². The van der Waals surface area contributed by atoms with Gasteiger partial charge in [-0.1, -0.05) is 18.5 Å². The summed E-state index contributed by atoms with van der Waals surface area (Å²) in [6.07, 6.45) is 4.04. The third-order valence-corrected chi connectivity index (χ3v) is 3.20. The molecule has 0 fully saturated rings. The van der Waals surface area contributed by atoms with Gasteiger partial charge in [0.2, 0.25) is 0 Å². The summed E-state index contributed by atoms with van der Waals surface area (Å²) in [4.78, 5) is 11.6. The molecule has 0 saturated heterocycles. The van der Waals surface area contributed by atoms with Crippen molar-refractivity contribution in [1.29, 1.82) is 0 Å². The number of anilines is 1. The molecule has 1 aromatic heterocycles. The average molecular weight is 321 g/mol. The monoisotopic (exact) mass is 320 g/mol. The van der Waals surface area contributed by atoms with Crippen LogP contribution >= 0.6 is 11.6 Å². The summed E-state index contributed by atoms with van der Waals surface area (Å²) >= 11 is 5.92. The van der Waals surface area contributed by atoms with Crippen LogP contribution in [-0.2, 0) is 7.05 Å². The molecular weight excluding hydrogens is 304 g/mol. The van der Waals surface area contributed by atoms with Gasteiger partial charge >= 0.3 is 0 Å². The molecule has 0 saturated carbocycles. The Morgan fingerprint density at radius 2 is 2.14 bits per heavy atom. The van der Waals surface area contributed by atoms with Gasteiger partial charge in [0.05, 0.1) is 19.0 Å². The van der Waals surface area contributed by atoms with Gasteiger partial charge in [-0.15, -0.1) is 0 Å². The highest BCUT2D eigenvalue weighted by Crippen LogP contribution is 2.15. The molecule has 0 radical (unpaired) electrons.